The molecule has 1 aliphatic heterocycles. The molecule has 0 aromatic heterocycles. The highest BCUT2D eigenvalue weighted by molar-refractivity contribution is 7.87. The first kappa shape index (κ1) is 16.7. The van der Waals surface area contributed by atoms with Crippen LogP contribution in [0.2, 0.25) is 0 Å². The Labute approximate surface area is 133 Å². The third-order valence-electron chi connectivity index (χ3n) is 3.94. The average Bonchev–Trinajstić information content (AvgIpc) is 2.57. The fraction of sp³-hybridized carbons (Fsp3) is 0.625. The van der Waals surface area contributed by atoms with Crippen LogP contribution in [0.25, 0.3) is 0 Å². The van der Waals surface area contributed by atoms with Gasteiger partial charge in [0.1, 0.15) is 0 Å². The molecule has 0 saturated carbocycles. The molecular weight excluding hydrogens is 302 g/mol. The molecule has 0 spiro atoms. The van der Waals surface area contributed by atoms with Crippen molar-refractivity contribution in [1.82, 2.24) is 0 Å². The maximum absolute atomic E-state index is 12.1. The van der Waals surface area contributed by atoms with Gasteiger partial charge in [0.15, 0.2) is 0 Å². The second-order valence-electron chi connectivity index (χ2n) is 6.62. The normalized spacial score (nSPS) is 18.8. The van der Waals surface area contributed by atoms with Gasteiger partial charge < -0.3 is 4.90 Å². The second kappa shape index (κ2) is 6.21. The van der Waals surface area contributed by atoms with Gasteiger partial charge in [0.05, 0.1) is 31.4 Å². The number of hydrogen-bond acceptors (Lipinski definition) is 3. The number of hydrogen-bond donors (Lipinski definition) is 0. The van der Waals surface area contributed by atoms with Crippen molar-refractivity contribution in [2.75, 3.05) is 24.0 Å². The molecule has 0 amide bonds. The van der Waals surface area contributed by atoms with Gasteiger partial charge in [-0.2, -0.15) is 0 Å². The van der Waals surface area contributed by atoms with Crippen LogP contribution in [0, 0.1) is 0 Å². The fourth-order valence-corrected chi connectivity index (χ4v) is 4.87. The molecule has 2 rings (SSSR count). The van der Waals surface area contributed by atoms with E-state index in [0.717, 1.165) is 30.7 Å². The van der Waals surface area contributed by atoms with Crippen LogP contribution in [-0.4, -0.2) is 33.0 Å². The molecule has 1 aromatic rings. The smallest absolute Gasteiger partial charge is 0.0567 e. The SMILES string of the molecule is CS(=O)c1cc2c(cc1S(C)=O)N(C(C)(C)C)CCCC2. The largest absolute Gasteiger partial charge is 0.366 e. The first-order valence-electron chi connectivity index (χ1n) is 7.33. The van der Waals surface area contributed by atoms with Crippen molar-refractivity contribution in [1.29, 1.82) is 0 Å². The third kappa shape index (κ3) is 3.57. The predicted octanol–water partition coefficient (Wildman–Crippen LogP) is 3.10. The number of benzene rings is 1. The molecule has 0 bridgehead atoms. The van der Waals surface area contributed by atoms with Crippen LogP contribution in [-0.2, 0) is 28.0 Å². The molecule has 0 saturated heterocycles. The lowest BCUT2D eigenvalue weighted by molar-refractivity contribution is 0.498. The minimum absolute atomic E-state index is 0.0263. The molecule has 21 heavy (non-hydrogen) atoms. The van der Waals surface area contributed by atoms with Crippen molar-refractivity contribution in [2.45, 2.75) is 55.4 Å². The van der Waals surface area contributed by atoms with Crippen molar-refractivity contribution >= 4 is 27.3 Å². The Balaban J connectivity index is 2.66. The van der Waals surface area contributed by atoms with Gasteiger partial charge in [-0.1, -0.05) is 0 Å². The summed E-state index contributed by atoms with van der Waals surface area (Å²) < 4.78 is 24.0. The Morgan fingerprint density at radius 1 is 1.00 bits per heavy atom. The number of anilines is 1. The van der Waals surface area contributed by atoms with E-state index in [4.69, 9.17) is 0 Å². The topological polar surface area (TPSA) is 37.4 Å². The Morgan fingerprint density at radius 3 is 2.10 bits per heavy atom. The van der Waals surface area contributed by atoms with Gasteiger partial charge in [0, 0.05) is 30.3 Å². The summed E-state index contributed by atoms with van der Waals surface area (Å²) in [5.74, 6) is 0. The van der Waals surface area contributed by atoms with E-state index in [1.54, 1.807) is 12.5 Å². The van der Waals surface area contributed by atoms with E-state index in [0.29, 0.717) is 4.90 Å². The van der Waals surface area contributed by atoms with Crippen LogP contribution in [0.15, 0.2) is 21.9 Å². The summed E-state index contributed by atoms with van der Waals surface area (Å²) in [4.78, 5) is 3.84. The third-order valence-corrected chi connectivity index (χ3v) is 5.99. The maximum atomic E-state index is 12.1. The number of aryl methyl sites for hydroxylation is 1. The highest BCUT2D eigenvalue weighted by Gasteiger charge is 2.27. The van der Waals surface area contributed by atoms with Gasteiger partial charge in [-0.05, 0) is 57.7 Å². The summed E-state index contributed by atoms with van der Waals surface area (Å²) in [6.45, 7) is 7.63. The molecule has 118 valence electrons. The number of rotatable bonds is 2. The zero-order chi connectivity index (χ0) is 15.8. The van der Waals surface area contributed by atoms with Crippen molar-refractivity contribution < 1.29 is 8.42 Å². The van der Waals surface area contributed by atoms with E-state index in [1.165, 1.54) is 11.3 Å². The molecule has 5 heteroatoms. The molecule has 1 aliphatic rings. The fourth-order valence-electron chi connectivity index (χ4n) is 2.89. The molecule has 0 N–H and O–H groups in total. The molecule has 3 nitrogen and oxygen atoms in total. The summed E-state index contributed by atoms with van der Waals surface area (Å²) in [5, 5.41) is 0. The summed E-state index contributed by atoms with van der Waals surface area (Å²) in [5.41, 5.74) is 2.43. The maximum Gasteiger partial charge on any atom is 0.0567 e. The van der Waals surface area contributed by atoms with Crippen LogP contribution >= 0.6 is 0 Å². The summed E-state index contributed by atoms with van der Waals surface area (Å²) in [6.07, 6.45) is 6.63. The Morgan fingerprint density at radius 2 is 1.57 bits per heavy atom. The van der Waals surface area contributed by atoms with Crippen molar-refractivity contribution in [2.24, 2.45) is 0 Å². The Hall–Kier alpha value is -0.680. The van der Waals surface area contributed by atoms with Gasteiger partial charge in [-0.3, -0.25) is 8.42 Å². The van der Waals surface area contributed by atoms with E-state index in [2.05, 4.69) is 25.7 Å². The monoisotopic (exact) mass is 327 g/mol. The van der Waals surface area contributed by atoms with Gasteiger partial charge in [0.2, 0.25) is 0 Å². The first-order valence-corrected chi connectivity index (χ1v) is 10.4. The van der Waals surface area contributed by atoms with Crippen molar-refractivity contribution in [3.63, 3.8) is 0 Å². The average molecular weight is 328 g/mol. The van der Waals surface area contributed by atoms with Gasteiger partial charge in [-0.25, -0.2) is 0 Å². The van der Waals surface area contributed by atoms with E-state index in [-0.39, 0.29) is 5.54 Å². The summed E-state index contributed by atoms with van der Waals surface area (Å²) >= 11 is 0. The highest BCUT2D eigenvalue weighted by atomic mass is 32.2. The predicted molar refractivity (Wildman–Crippen MR) is 91.1 cm³/mol. The molecule has 2 unspecified atom stereocenters. The minimum atomic E-state index is -1.13. The van der Waals surface area contributed by atoms with Crippen LogP contribution in [0.1, 0.15) is 39.2 Å². The van der Waals surface area contributed by atoms with E-state index >= 15 is 0 Å². The van der Waals surface area contributed by atoms with Gasteiger partial charge in [-0.15, -0.1) is 0 Å². The summed E-state index contributed by atoms with van der Waals surface area (Å²) in [7, 11) is -2.24. The highest BCUT2D eigenvalue weighted by Crippen LogP contribution is 2.35. The lowest BCUT2D eigenvalue weighted by atomic mass is 10.0. The Kier molecular flexibility index (Phi) is 4.93. The van der Waals surface area contributed by atoms with Crippen LogP contribution in [0.5, 0.6) is 0 Å². The Bertz CT molecular complexity index is 591. The summed E-state index contributed by atoms with van der Waals surface area (Å²) in [6, 6.07) is 4.03. The molecule has 0 fully saturated rings. The van der Waals surface area contributed by atoms with Gasteiger partial charge >= 0.3 is 0 Å². The van der Waals surface area contributed by atoms with Crippen LogP contribution in [0.3, 0.4) is 0 Å². The number of fused-ring (bicyclic) bond motifs is 1. The molecule has 2 atom stereocenters. The molecule has 1 heterocycles. The van der Waals surface area contributed by atoms with Crippen molar-refractivity contribution in [3.8, 4) is 0 Å². The first-order chi connectivity index (χ1) is 9.71. The van der Waals surface area contributed by atoms with Crippen LogP contribution in [0.4, 0.5) is 5.69 Å². The zero-order valence-electron chi connectivity index (χ0n) is 13.6. The van der Waals surface area contributed by atoms with Crippen LogP contribution < -0.4 is 4.90 Å². The second-order valence-corrected chi connectivity index (χ2v) is 9.31. The lowest BCUT2D eigenvalue weighted by Gasteiger charge is -2.38. The zero-order valence-corrected chi connectivity index (χ0v) is 15.2. The van der Waals surface area contributed by atoms with E-state index in [1.807, 2.05) is 12.1 Å². The quantitative estimate of drug-likeness (QED) is 0.837. The molecule has 0 radical (unpaired) electrons. The van der Waals surface area contributed by atoms with Gasteiger partial charge in [0.25, 0.3) is 0 Å². The standard InChI is InChI=1S/C16H25NO2S2/c1-16(2,3)17-9-7-6-8-12-10-14(20(4)18)15(21(5)19)11-13(12)17/h10-11H,6-9H2,1-5H3. The molecular formula is C16H25NO2S2. The minimum Gasteiger partial charge on any atom is -0.366 e. The lowest BCUT2D eigenvalue weighted by Crippen LogP contribution is -2.42. The van der Waals surface area contributed by atoms with E-state index in [9.17, 15) is 8.42 Å². The van der Waals surface area contributed by atoms with Crippen molar-refractivity contribution in [3.05, 3.63) is 17.7 Å². The number of nitrogens with zero attached hydrogens (tertiary/aromatic N) is 1. The molecule has 0 aliphatic carbocycles. The van der Waals surface area contributed by atoms with E-state index < -0.39 is 21.6 Å². The molecule has 1 aromatic carbocycles.